The molecular formula is C22H27Cl2N3O4S2. The Hall–Kier alpha value is -1.20. The highest BCUT2D eigenvalue weighted by atomic mass is 35.5. The van der Waals surface area contributed by atoms with E-state index in [4.69, 9.17) is 27.9 Å². The number of carbonyl (C=O) groups is 1. The third-order valence-electron chi connectivity index (χ3n) is 6.17. The molecule has 3 heterocycles. The Morgan fingerprint density at radius 1 is 1.09 bits per heavy atom. The lowest BCUT2D eigenvalue weighted by molar-refractivity contribution is -0.126. The lowest BCUT2D eigenvalue weighted by atomic mass is 9.97. The maximum absolute atomic E-state index is 13.1. The number of hydrogen-bond acceptors (Lipinski definition) is 6. The largest absolute Gasteiger partial charge is 0.379 e. The first-order valence-electron chi connectivity index (χ1n) is 10.9. The van der Waals surface area contributed by atoms with Crippen LogP contribution in [0.3, 0.4) is 0 Å². The summed E-state index contributed by atoms with van der Waals surface area (Å²) in [6.45, 7) is 4.07. The summed E-state index contributed by atoms with van der Waals surface area (Å²) in [4.78, 5) is 16.4. The number of carbonyl (C=O) groups excluding carboxylic acids is 1. The molecule has 2 aromatic rings. The van der Waals surface area contributed by atoms with Gasteiger partial charge in [0, 0.05) is 43.5 Å². The van der Waals surface area contributed by atoms with Crippen molar-refractivity contribution >= 4 is 50.5 Å². The Morgan fingerprint density at radius 2 is 1.76 bits per heavy atom. The van der Waals surface area contributed by atoms with Crippen LogP contribution >= 0.6 is 34.5 Å². The summed E-state index contributed by atoms with van der Waals surface area (Å²) in [6, 6.07) is 8.87. The first kappa shape index (κ1) is 24.9. The monoisotopic (exact) mass is 531 g/mol. The highest BCUT2D eigenvalue weighted by Crippen LogP contribution is 2.33. The van der Waals surface area contributed by atoms with E-state index >= 15 is 0 Å². The number of rotatable bonds is 7. The van der Waals surface area contributed by atoms with E-state index in [-0.39, 0.29) is 45.9 Å². The minimum Gasteiger partial charge on any atom is -0.379 e. The maximum Gasteiger partial charge on any atom is 0.246 e. The van der Waals surface area contributed by atoms with Crippen molar-refractivity contribution in [2.75, 3.05) is 45.9 Å². The predicted octanol–water partition coefficient (Wildman–Crippen LogP) is 3.65. The van der Waals surface area contributed by atoms with Crippen LogP contribution in [0, 0.1) is 5.92 Å². The molecule has 11 heteroatoms. The number of morpholine rings is 1. The topological polar surface area (TPSA) is 79.0 Å². The summed E-state index contributed by atoms with van der Waals surface area (Å²) < 4.78 is 33.0. The fraction of sp³-hybridized carbons (Fsp3) is 0.500. The van der Waals surface area contributed by atoms with Crippen molar-refractivity contribution < 1.29 is 17.9 Å². The van der Waals surface area contributed by atoms with Gasteiger partial charge in [-0.1, -0.05) is 35.3 Å². The van der Waals surface area contributed by atoms with E-state index in [2.05, 4.69) is 16.3 Å². The minimum atomic E-state index is -3.82. The van der Waals surface area contributed by atoms with E-state index in [9.17, 15) is 13.2 Å². The normalized spacial score (nSPS) is 19.9. The van der Waals surface area contributed by atoms with Crippen molar-refractivity contribution in [3.8, 4) is 0 Å². The number of sulfonamides is 1. The first-order chi connectivity index (χ1) is 15.9. The Labute approximate surface area is 208 Å². The van der Waals surface area contributed by atoms with Crippen molar-refractivity contribution in [3.05, 3.63) is 50.6 Å². The molecule has 0 radical (unpaired) electrons. The summed E-state index contributed by atoms with van der Waals surface area (Å²) >= 11 is 13.9. The van der Waals surface area contributed by atoms with Crippen LogP contribution in [0.1, 0.15) is 23.8 Å². The minimum absolute atomic E-state index is 0.0300. The van der Waals surface area contributed by atoms with E-state index in [0.717, 1.165) is 13.1 Å². The molecule has 2 aliphatic rings. The fourth-order valence-electron chi connectivity index (χ4n) is 4.34. The van der Waals surface area contributed by atoms with Gasteiger partial charge in [0.05, 0.1) is 29.3 Å². The number of benzene rings is 1. The van der Waals surface area contributed by atoms with E-state index in [0.29, 0.717) is 32.6 Å². The molecule has 1 amide bonds. The van der Waals surface area contributed by atoms with Gasteiger partial charge in [0.15, 0.2) is 0 Å². The van der Waals surface area contributed by atoms with Crippen LogP contribution in [0.4, 0.5) is 0 Å². The van der Waals surface area contributed by atoms with Crippen LogP contribution in [-0.4, -0.2) is 69.5 Å². The number of hydrogen-bond donors (Lipinski definition) is 1. The van der Waals surface area contributed by atoms with Crippen molar-refractivity contribution in [1.29, 1.82) is 0 Å². The second-order valence-corrected chi connectivity index (χ2v) is 11.8. The summed E-state index contributed by atoms with van der Waals surface area (Å²) in [5.41, 5.74) is 0. The summed E-state index contributed by atoms with van der Waals surface area (Å²) in [6.07, 6.45) is 0.905. The van der Waals surface area contributed by atoms with Gasteiger partial charge in [-0.2, -0.15) is 4.31 Å². The number of amides is 1. The lowest BCUT2D eigenvalue weighted by Crippen LogP contribution is -2.46. The molecule has 180 valence electrons. The summed E-state index contributed by atoms with van der Waals surface area (Å²) in [7, 11) is -3.82. The zero-order chi connectivity index (χ0) is 23.4. The molecule has 0 aliphatic carbocycles. The number of thiophene rings is 1. The SMILES string of the molecule is O=C(NC[C@H](c1cccs1)N1CCOCC1)C1CCN(S(=O)(=O)c2c(Cl)cccc2Cl)CC1. The van der Waals surface area contributed by atoms with Crippen molar-refractivity contribution in [3.63, 3.8) is 0 Å². The molecule has 2 saturated heterocycles. The molecule has 1 atom stereocenters. The molecule has 0 unspecified atom stereocenters. The van der Waals surface area contributed by atoms with Gasteiger partial charge < -0.3 is 10.1 Å². The average molecular weight is 533 g/mol. The number of halogens is 2. The van der Waals surface area contributed by atoms with E-state index in [1.165, 1.54) is 21.3 Å². The molecule has 2 aliphatic heterocycles. The van der Waals surface area contributed by atoms with Gasteiger partial charge in [-0.05, 0) is 36.4 Å². The molecule has 33 heavy (non-hydrogen) atoms. The van der Waals surface area contributed by atoms with Crippen LogP contribution in [-0.2, 0) is 19.6 Å². The standard InChI is InChI=1S/C22H27Cl2N3O4S2/c23-17-3-1-4-18(24)21(17)33(29,30)27-8-6-16(7-9-27)22(28)25-15-19(20-5-2-14-32-20)26-10-12-31-13-11-26/h1-5,14,16,19H,6-13,15H2,(H,25,28)/t19-/m1/s1. The van der Waals surface area contributed by atoms with Gasteiger partial charge in [0.25, 0.3) is 0 Å². The fourth-order valence-corrected chi connectivity index (χ4v) is 7.76. The van der Waals surface area contributed by atoms with Gasteiger partial charge >= 0.3 is 0 Å². The predicted molar refractivity (Wildman–Crippen MR) is 130 cm³/mol. The number of nitrogens with zero attached hydrogens (tertiary/aromatic N) is 2. The third-order valence-corrected chi connectivity index (χ3v) is 10.00. The van der Waals surface area contributed by atoms with Crippen molar-refractivity contribution in [2.24, 2.45) is 5.92 Å². The lowest BCUT2D eigenvalue weighted by Gasteiger charge is -2.35. The zero-order valence-electron chi connectivity index (χ0n) is 18.1. The second kappa shape index (κ2) is 11.0. The molecule has 1 aromatic carbocycles. The van der Waals surface area contributed by atoms with E-state index in [1.54, 1.807) is 17.4 Å². The Balaban J connectivity index is 1.35. The summed E-state index contributed by atoms with van der Waals surface area (Å²) in [5.74, 6) is -0.260. The van der Waals surface area contributed by atoms with Crippen LogP contribution < -0.4 is 5.32 Å². The number of piperidine rings is 1. The quantitative estimate of drug-likeness (QED) is 0.589. The molecule has 4 rings (SSSR count). The van der Waals surface area contributed by atoms with Crippen LogP contribution in [0.15, 0.2) is 40.6 Å². The Morgan fingerprint density at radius 3 is 2.36 bits per heavy atom. The number of nitrogens with one attached hydrogen (secondary N) is 1. The van der Waals surface area contributed by atoms with Gasteiger partial charge in [-0.25, -0.2) is 8.42 Å². The Kier molecular flexibility index (Phi) is 8.32. The second-order valence-electron chi connectivity index (χ2n) is 8.15. The zero-order valence-corrected chi connectivity index (χ0v) is 21.2. The molecule has 0 saturated carbocycles. The molecule has 0 spiro atoms. The smallest absolute Gasteiger partial charge is 0.246 e. The highest BCUT2D eigenvalue weighted by Gasteiger charge is 2.35. The molecule has 7 nitrogen and oxygen atoms in total. The Bertz CT molecular complexity index is 1030. The van der Waals surface area contributed by atoms with Gasteiger partial charge in [0.1, 0.15) is 4.90 Å². The molecule has 1 aromatic heterocycles. The molecular weight excluding hydrogens is 505 g/mol. The number of ether oxygens (including phenoxy) is 1. The van der Waals surface area contributed by atoms with E-state index < -0.39 is 10.0 Å². The third kappa shape index (κ3) is 5.73. The molecule has 0 bridgehead atoms. The average Bonchev–Trinajstić information content (AvgIpc) is 3.34. The highest BCUT2D eigenvalue weighted by molar-refractivity contribution is 7.89. The van der Waals surface area contributed by atoms with Crippen molar-refractivity contribution in [1.82, 2.24) is 14.5 Å². The first-order valence-corrected chi connectivity index (χ1v) is 14.0. The summed E-state index contributed by atoms with van der Waals surface area (Å²) in [5, 5.41) is 5.37. The van der Waals surface area contributed by atoms with Crippen molar-refractivity contribution in [2.45, 2.75) is 23.8 Å². The van der Waals surface area contributed by atoms with Crippen LogP contribution in [0.5, 0.6) is 0 Å². The van der Waals surface area contributed by atoms with Gasteiger partial charge in [-0.15, -0.1) is 11.3 Å². The molecule has 2 fully saturated rings. The molecule has 1 N–H and O–H groups in total. The van der Waals surface area contributed by atoms with Crippen LogP contribution in [0.2, 0.25) is 10.0 Å². The van der Waals surface area contributed by atoms with Gasteiger partial charge in [0.2, 0.25) is 15.9 Å². The maximum atomic E-state index is 13.1. The van der Waals surface area contributed by atoms with Crippen LogP contribution in [0.25, 0.3) is 0 Å². The van der Waals surface area contributed by atoms with Gasteiger partial charge in [-0.3, -0.25) is 9.69 Å². The van der Waals surface area contributed by atoms with E-state index in [1.807, 2.05) is 11.4 Å².